The minimum Gasteiger partial charge on any atom is -0.377 e. The van der Waals surface area contributed by atoms with Gasteiger partial charge in [0.2, 0.25) is 0 Å². The van der Waals surface area contributed by atoms with E-state index in [1.165, 1.54) is 24.8 Å². The van der Waals surface area contributed by atoms with Crippen molar-refractivity contribution in [3.8, 4) is 0 Å². The van der Waals surface area contributed by atoms with Crippen LogP contribution in [0.15, 0.2) is 12.2 Å². The lowest BCUT2D eigenvalue weighted by atomic mass is 10.1. The lowest BCUT2D eigenvalue weighted by Gasteiger charge is -2.22. The first-order valence-electron chi connectivity index (χ1n) is 5.26. The Morgan fingerprint density at radius 1 is 1.54 bits per heavy atom. The van der Waals surface area contributed by atoms with Gasteiger partial charge in [-0.25, -0.2) is 0 Å². The van der Waals surface area contributed by atoms with Crippen LogP contribution in [0.2, 0.25) is 0 Å². The van der Waals surface area contributed by atoms with E-state index in [0.29, 0.717) is 6.10 Å². The van der Waals surface area contributed by atoms with Crippen molar-refractivity contribution >= 4 is 0 Å². The van der Waals surface area contributed by atoms with Crippen LogP contribution in [0.25, 0.3) is 0 Å². The highest BCUT2D eigenvalue weighted by atomic mass is 16.5. The van der Waals surface area contributed by atoms with Crippen LogP contribution in [-0.4, -0.2) is 25.8 Å². The summed E-state index contributed by atoms with van der Waals surface area (Å²) in [5.41, 5.74) is 1.25. The monoisotopic (exact) mass is 183 g/mol. The molecule has 1 fully saturated rings. The summed E-state index contributed by atoms with van der Waals surface area (Å²) in [4.78, 5) is 0. The predicted molar refractivity (Wildman–Crippen MR) is 55.9 cm³/mol. The Balaban J connectivity index is 1.95. The second kappa shape index (κ2) is 6.17. The van der Waals surface area contributed by atoms with Crippen molar-refractivity contribution in [3.63, 3.8) is 0 Å². The van der Waals surface area contributed by atoms with Crippen molar-refractivity contribution in [2.24, 2.45) is 0 Å². The summed E-state index contributed by atoms with van der Waals surface area (Å²) in [6.07, 6.45) is 5.32. The molecule has 2 heteroatoms. The van der Waals surface area contributed by atoms with Gasteiger partial charge in [0.05, 0.1) is 6.10 Å². The minimum absolute atomic E-state index is 0.457. The molecule has 0 amide bonds. The van der Waals surface area contributed by atoms with E-state index in [9.17, 15) is 0 Å². The lowest BCUT2D eigenvalue weighted by molar-refractivity contribution is 0.0171. The fourth-order valence-corrected chi connectivity index (χ4v) is 1.53. The topological polar surface area (TPSA) is 21.3 Å². The maximum atomic E-state index is 5.60. The molecule has 0 aromatic heterocycles. The largest absolute Gasteiger partial charge is 0.377 e. The molecule has 0 radical (unpaired) electrons. The average Bonchev–Trinajstić information content (AvgIpc) is 2.14. The predicted octanol–water partition coefficient (Wildman–Crippen LogP) is 2.11. The van der Waals surface area contributed by atoms with Gasteiger partial charge in [-0.1, -0.05) is 5.57 Å². The van der Waals surface area contributed by atoms with E-state index in [2.05, 4.69) is 18.8 Å². The number of nitrogens with one attached hydrogen (secondary N) is 1. The molecule has 2 nitrogen and oxygen atoms in total. The number of rotatable bonds is 5. The van der Waals surface area contributed by atoms with Gasteiger partial charge in [0, 0.05) is 13.2 Å². The highest BCUT2D eigenvalue weighted by Crippen LogP contribution is 2.11. The van der Waals surface area contributed by atoms with Gasteiger partial charge in [0.1, 0.15) is 0 Å². The second-order valence-electron chi connectivity index (χ2n) is 3.90. The van der Waals surface area contributed by atoms with Crippen molar-refractivity contribution in [1.82, 2.24) is 5.32 Å². The molecule has 13 heavy (non-hydrogen) atoms. The molecule has 1 aliphatic rings. The number of hydrogen-bond donors (Lipinski definition) is 1. The first-order valence-corrected chi connectivity index (χ1v) is 5.26. The molecule has 1 heterocycles. The Hall–Kier alpha value is -0.340. The smallest absolute Gasteiger partial charge is 0.0699 e. The van der Waals surface area contributed by atoms with Crippen molar-refractivity contribution in [3.05, 3.63) is 12.2 Å². The zero-order chi connectivity index (χ0) is 9.52. The zero-order valence-corrected chi connectivity index (χ0v) is 8.64. The molecule has 0 aromatic carbocycles. The van der Waals surface area contributed by atoms with Gasteiger partial charge >= 0.3 is 0 Å². The van der Waals surface area contributed by atoms with E-state index in [1.807, 2.05) is 0 Å². The molecule has 0 spiro atoms. The lowest BCUT2D eigenvalue weighted by Crippen LogP contribution is -2.32. The molecule has 76 valence electrons. The van der Waals surface area contributed by atoms with Gasteiger partial charge in [0.25, 0.3) is 0 Å². The van der Waals surface area contributed by atoms with Crippen LogP contribution < -0.4 is 5.32 Å². The summed E-state index contributed by atoms with van der Waals surface area (Å²) < 4.78 is 5.60. The quantitative estimate of drug-likeness (QED) is 0.520. The first kappa shape index (κ1) is 10.7. The Kier molecular flexibility index (Phi) is 5.09. The average molecular weight is 183 g/mol. The van der Waals surface area contributed by atoms with Gasteiger partial charge in [-0.05, 0) is 39.2 Å². The number of hydrogen-bond acceptors (Lipinski definition) is 2. The van der Waals surface area contributed by atoms with Crippen LogP contribution in [0.4, 0.5) is 0 Å². The Bertz CT molecular complexity index is 150. The summed E-state index contributed by atoms with van der Waals surface area (Å²) in [6.45, 7) is 8.93. The first-order chi connectivity index (χ1) is 6.29. The molecule has 1 saturated heterocycles. The molecular formula is C11H21NO. The summed E-state index contributed by atoms with van der Waals surface area (Å²) in [6, 6.07) is 0. The molecule has 0 aromatic rings. The summed E-state index contributed by atoms with van der Waals surface area (Å²) in [5, 5.41) is 3.40. The van der Waals surface area contributed by atoms with Gasteiger partial charge in [-0.2, -0.15) is 0 Å². The van der Waals surface area contributed by atoms with E-state index in [1.54, 1.807) is 0 Å². The van der Waals surface area contributed by atoms with E-state index < -0.39 is 0 Å². The molecular weight excluding hydrogens is 162 g/mol. The third-order valence-corrected chi connectivity index (χ3v) is 2.37. The SMILES string of the molecule is C=C(C)CCNCC1CCCCO1. The Morgan fingerprint density at radius 2 is 2.38 bits per heavy atom. The van der Waals surface area contributed by atoms with E-state index >= 15 is 0 Å². The van der Waals surface area contributed by atoms with E-state index in [0.717, 1.165) is 26.1 Å². The van der Waals surface area contributed by atoms with Crippen molar-refractivity contribution in [2.75, 3.05) is 19.7 Å². The summed E-state index contributed by atoms with van der Waals surface area (Å²) >= 11 is 0. The van der Waals surface area contributed by atoms with Crippen LogP contribution in [0.3, 0.4) is 0 Å². The number of ether oxygens (including phenoxy) is 1. The zero-order valence-electron chi connectivity index (χ0n) is 8.64. The highest BCUT2D eigenvalue weighted by molar-refractivity contribution is 4.88. The summed E-state index contributed by atoms with van der Waals surface area (Å²) in [7, 11) is 0. The van der Waals surface area contributed by atoms with Gasteiger partial charge in [-0.3, -0.25) is 0 Å². The minimum atomic E-state index is 0.457. The standard InChI is InChI=1S/C11H21NO/c1-10(2)6-7-12-9-11-5-3-4-8-13-11/h11-12H,1,3-9H2,2H3. The maximum Gasteiger partial charge on any atom is 0.0699 e. The van der Waals surface area contributed by atoms with E-state index in [-0.39, 0.29) is 0 Å². The van der Waals surface area contributed by atoms with Gasteiger partial charge in [-0.15, -0.1) is 6.58 Å². The Morgan fingerprint density at radius 3 is 3.00 bits per heavy atom. The fourth-order valence-electron chi connectivity index (χ4n) is 1.53. The third-order valence-electron chi connectivity index (χ3n) is 2.37. The highest BCUT2D eigenvalue weighted by Gasteiger charge is 2.12. The van der Waals surface area contributed by atoms with Crippen molar-refractivity contribution in [1.29, 1.82) is 0 Å². The Labute approximate surface area is 81.4 Å². The third kappa shape index (κ3) is 5.06. The van der Waals surface area contributed by atoms with Crippen LogP contribution in [0, 0.1) is 0 Å². The molecule has 1 N–H and O–H groups in total. The van der Waals surface area contributed by atoms with Crippen LogP contribution >= 0.6 is 0 Å². The molecule has 1 aliphatic heterocycles. The molecule has 1 rings (SSSR count). The molecule has 1 unspecified atom stereocenters. The molecule has 1 atom stereocenters. The fraction of sp³-hybridized carbons (Fsp3) is 0.818. The maximum absolute atomic E-state index is 5.60. The van der Waals surface area contributed by atoms with Crippen LogP contribution in [0.1, 0.15) is 32.6 Å². The van der Waals surface area contributed by atoms with Gasteiger partial charge < -0.3 is 10.1 Å². The normalized spacial score (nSPS) is 23.0. The summed E-state index contributed by atoms with van der Waals surface area (Å²) in [5.74, 6) is 0. The van der Waals surface area contributed by atoms with Gasteiger partial charge in [0.15, 0.2) is 0 Å². The molecule has 0 aliphatic carbocycles. The van der Waals surface area contributed by atoms with Crippen molar-refractivity contribution in [2.45, 2.75) is 38.7 Å². The van der Waals surface area contributed by atoms with Crippen LogP contribution in [0.5, 0.6) is 0 Å². The van der Waals surface area contributed by atoms with Crippen LogP contribution in [-0.2, 0) is 4.74 Å². The van der Waals surface area contributed by atoms with Crippen molar-refractivity contribution < 1.29 is 4.74 Å². The second-order valence-corrected chi connectivity index (χ2v) is 3.90. The molecule has 0 saturated carbocycles. The van der Waals surface area contributed by atoms with E-state index in [4.69, 9.17) is 4.74 Å². The molecule has 0 bridgehead atoms.